The fourth-order valence-corrected chi connectivity index (χ4v) is 3.05. The topological polar surface area (TPSA) is 54.5 Å². The van der Waals surface area contributed by atoms with Crippen LogP contribution in [0.3, 0.4) is 0 Å². The molecule has 1 saturated heterocycles. The first-order valence-corrected chi connectivity index (χ1v) is 6.85. The lowest BCUT2D eigenvalue weighted by Gasteiger charge is -2.38. The van der Waals surface area contributed by atoms with E-state index in [2.05, 4.69) is 0 Å². The van der Waals surface area contributed by atoms with Gasteiger partial charge in [0.25, 0.3) is 0 Å². The number of hydrogen-bond donors (Lipinski definition) is 0. The molecule has 0 bridgehead atoms. The molecular weight excluding hydrogens is 242 g/mol. The molecule has 0 radical (unpaired) electrons. The molecule has 0 N–H and O–H groups in total. The van der Waals surface area contributed by atoms with Gasteiger partial charge in [0.1, 0.15) is 6.29 Å². The highest BCUT2D eigenvalue weighted by Crippen LogP contribution is 2.37. The van der Waals surface area contributed by atoms with Crippen LogP contribution in [0.25, 0.3) is 0 Å². The summed E-state index contributed by atoms with van der Waals surface area (Å²) in [4.78, 5) is 37.0. The largest absolute Gasteiger partial charge is 0.303 e. The van der Waals surface area contributed by atoms with Crippen LogP contribution < -0.4 is 0 Å². The summed E-state index contributed by atoms with van der Waals surface area (Å²) in [6.45, 7) is 11.3. The second-order valence-corrected chi connectivity index (χ2v) is 7.22. The third-order valence-electron chi connectivity index (χ3n) is 3.80. The molecule has 4 nitrogen and oxygen atoms in total. The van der Waals surface area contributed by atoms with Crippen LogP contribution in [0, 0.1) is 17.3 Å². The van der Waals surface area contributed by atoms with Crippen LogP contribution in [0.1, 0.15) is 54.4 Å². The molecule has 1 atom stereocenters. The Morgan fingerprint density at radius 2 is 1.79 bits per heavy atom. The fraction of sp³-hybridized carbons (Fsp3) is 0.800. The van der Waals surface area contributed by atoms with Crippen molar-refractivity contribution in [3.05, 3.63) is 0 Å². The van der Waals surface area contributed by atoms with Crippen LogP contribution in [-0.4, -0.2) is 28.5 Å². The van der Waals surface area contributed by atoms with E-state index in [1.807, 2.05) is 41.5 Å². The second kappa shape index (κ2) is 5.06. The Balaban J connectivity index is 2.98. The molecule has 2 amide bonds. The van der Waals surface area contributed by atoms with Crippen LogP contribution in [0.15, 0.2) is 0 Å². The SMILES string of the molecule is CC(C)C1CC(=O)N(C(C)(C)CC(C)(C)C=O)C1=O. The Morgan fingerprint density at radius 1 is 1.26 bits per heavy atom. The first kappa shape index (κ1) is 15.9. The van der Waals surface area contributed by atoms with E-state index in [-0.39, 0.29) is 23.7 Å². The van der Waals surface area contributed by atoms with E-state index in [1.54, 1.807) is 0 Å². The summed E-state index contributed by atoms with van der Waals surface area (Å²) < 4.78 is 0. The number of likely N-dealkylation sites (tertiary alicyclic amines) is 1. The molecule has 0 spiro atoms. The highest BCUT2D eigenvalue weighted by atomic mass is 16.2. The van der Waals surface area contributed by atoms with Gasteiger partial charge >= 0.3 is 0 Å². The maximum Gasteiger partial charge on any atom is 0.233 e. The molecule has 1 heterocycles. The van der Waals surface area contributed by atoms with Gasteiger partial charge in [0, 0.05) is 23.3 Å². The third kappa shape index (κ3) is 3.23. The molecule has 1 rings (SSSR count). The van der Waals surface area contributed by atoms with Gasteiger partial charge in [-0.2, -0.15) is 0 Å². The van der Waals surface area contributed by atoms with Gasteiger partial charge in [0.15, 0.2) is 0 Å². The summed E-state index contributed by atoms with van der Waals surface area (Å²) in [6.07, 6.45) is 1.66. The van der Waals surface area contributed by atoms with E-state index >= 15 is 0 Å². The summed E-state index contributed by atoms with van der Waals surface area (Å²) in [5, 5.41) is 0. The van der Waals surface area contributed by atoms with E-state index in [0.29, 0.717) is 12.8 Å². The number of imide groups is 1. The number of amides is 2. The molecule has 0 saturated carbocycles. The first-order chi connectivity index (χ1) is 8.52. The summed E-state index contributed by atoms with van der Waals surface area (Å²) in [6, 6.07) is 0. The van der Waals surface area contributed by atoms with Crippen LogP contribution in [0.4, 0.5) is 0 Å². The third-order valence-corrected chi connectivity index (χ3v) is 3.80. The fourth-order valence-electron chi connectivity index (χ4n) is 3.05. The van der Waals surface area contributed by atoms with Gasteiger partial charge in [-0.15, -0.1) is 0 Å². The number of aldehydes is 1. The zero-order valence-corrected chi connectivity index (χ0v) is 12.8. The van der Waals surface area contributed by atoms with Crippen LogP contribution >= 0.6 is 0 Å². The number of carbonyl (C=O) groups is 3. The van der Waals surface area contributed by atoms with E-state index in [4.69, 9.17) is 0 Å². The predicted octanol–water partition coefficient (Wildman–Crippen LogP) is 2.41. The molecule has 0 aromatic rings. The monoisotopic (exact) mass is 267 g/mol. The molecule has 0 aromatic carbocycles. The van der Waals surface area contributed by atoms with Crippen molar-refractivity contribution in [2.24, 2.45) is 17.3 Å². The van der Waals surface area contributed by atoms with Crippen molar-refractivity contribution in [3.8, 4) is 0 Å². The molecule has 1 unspecified atom stereocenters. The molecule has 1 aliphatic heterocycles. The molecule has 19 heavy (non-hydrogen) atoms. The predicted molar refractivity (Wildman–Crippen MR) is 73.3 cm³/mol. The standard InChI is InChI=1S/C15H25NO3/c1-10(2)11-7-12(18)16(13(11)19)15(5,6)8-14(3,4)9-17/h9-11H,7-8H2,1-6H3. The Morgan fingerprint density at radius 3 is 2.16 bits per heavy atom. The lowest BCUT2D eigenvalue weighted by atomic mass is 9.80. The molecule has 1 aliphatic rings. The smallest absolute Gasteiger partial charge is 0.233 e. The summed E-state index contributed by atoms with van der Waals surface area (Å²) in [5.41, 5.74) is -1.16. The van der Waals surface area contributed by atoms with Gasteiger partial charge in [-0.3, -0.25) is 14.5 Å². The Bertz CT molecular complexity index is 396. The maximum atomic E-state index is 12.4. The van der Waals surface area contributed by atoms with Crippen LogP contribution in [0.2, 0.25) is 0 Å². The molecule has 1 fully saturated rings. The number of hydrogen-bond acceptors (Lipinski definition) is 3. The highest BCUT2D eigenvalue weighted by molar-refractivity contribution is 6.04. The average Bonchev–Trinajstić information content (AvgIpc) is 2.53. The average molecular weight is 267 g/mol. The van der Waals surface area contributed by atoms with Crippen LogP contribution in [0.5, 0.6) is 0 Å². The molecule has 108 valence electrons. The number of rotatable bonds is 5. The van der Waals surface area contributed by atoms with Crippen molar-refractivity contribution in [2.45, 2.75) is 59.9 Å². The Kier molecular flexibility index (Phi) is 4.23. The van der Waals surface area contributed by atoms with E-state index in [0.717, 1.165) is 6.29 Å². The maximum absolute atomic E-state index is 12.4. The Labute approximate surface area is 115 Å². The quantitative estimate of drug-likeness (QED) is 0.568. The molecule has 0 aliphatic carbocycles. The zero-order valence-electron chi connectivity index (χ0n) is 12.8. The van der Waals surface area contributed by atoms with Crippen molar-refractivity contribution in [2.75, 3.05) is 0 Å². The van der Waals surface area contributed by atoms with Gasteiger partial charge in [0.2, 0.25) is 11.8 Å². The van der Waals surface area contributed by atoms with Gasteiger partial charge in [0.05, 0.1) is 0 Å². The summed E-state index contributed by atoms with van der Waals surface area (Å²) >= 11 is 0. The minimum absolute atomic E-state index is 0.0910. The van der Waals surface area contributed by atoms with Gasteiger partial charge < -0.3 is 4.79 Å². The van der Waals surface area contributed by atoms with Gasteiger partial charge in [-0.05, 0) is 26.2 Å². The van der Waals surface area contributed by atoms with Crippen molar-refractivity contribution < 1.29 is 14.4 Å². The minimum Gasteiger partial charge on any atom is -0.303 e. The number of carbonyl (C=O) groups excluding carboxylic acids is 3. The minimum atomic E-state index is -0.623. The van der Waals surface area contributed by atoms with E-state index in [1.165, 1.54) is 4.90 Å². The van der Waals surface area contributed by atoms with Crippen molar-refractivity contribution in [1.82, 2.24) is 4.90 Å². The molecule has 4 heteroatoms. The first-order valence-electron chi connectivity index (χ1n) is 6.85. The lowest BCUT2D eigenvalue weighted by Crippen LogP contribution is -2.50. The van der Waals surface area contributed by atoms with E-state index < -0.39 is 11.0 Å². The number of nitrogens with zero attached hydrogens (tertiary/aromatic N) is 1. The van der Waals surface area contributed by atoms with Gasteiger partial charge in [-0.1, -0.05) is 27.7 Å². The highest BCUT2D eigenvalue weighted by Gasteiger charge is 2.48. The zero-order chi connectivity index (χ0) is 15.0. The summed E-state index contributed by atoms with van der Waals surface area (Å²) in [7, 11) is 0. The van der Waals surface area contributed by atoms with Crippen molar-refractivity contribution in [1.29, 1.82) is 0 Å². The molecular formula is C15H25NO3. The van der Waals surface area contributed by atoms with Crippen molar-refractivity contribution in [3.63, 3.8) is 0 Å². The van der Waals surface area contributed by atoms with E-state index in [9.17, 15) is 14.4 Å². The van der Waals surface area contributed by atoms with Crippen LogP contribution in [-0.2, 0) is 14.4 Å². The molecule has 0 aromatic heterocycles. The lowest BCUT2D eigenvalue weighted by molar-refractivity contribution is -0.147. The summed E-state index contributed by atoms with van der Waals surface area (Å²) in [5.74, 6) is -0.260. The van der Waals surface area contributed by atoms with Crippen molar-refractivity contribution >= 4 is 18.1 Å². The normalized spacial score (nSPS) is 21.4. The second-order valence-electron chi connectivity index (χ2n) is 7.22. The Hall–Kier alpha value is -1.19. The van der Waals surface area contributed by atoms with Gasteiger partial charge in [-0.25, -0.2) is 0 Å².